The number of pyridine rings is 1. The van der Waals surface area contributed by atoms with Gasteiger partial charge in [-0.05, 0) is 43.2 Å². The Morgan fingerprint density at radius 2 is 1.87 bits per heavy atom. The van der Waals surface area contributed by atoms with Crippen molar-refractivity contribution in [2.75, 3.05) is 5.32 Å². The number of nitrogens with zero attached hydrogens (tertiary/aromatic N) is 3. The molecule has 1 saturated carbocycles. The first-order chi connectivity index (χ1) is 14.5. The number of aliphatic carboxylic acids is 1. The summed E-state index contributed by atoms with van der Waals surface area (Å²) in [6, 6.07) is 12.6. The molecule has 3 aromatic rings. The monoisotopic (exact) mass is 406 g/mol. The number of carboxylic acid groups (broad SMARTS) is 1. The van der Waals surface area contributed by atoms with Gasteiger partial charge in [-0.25, -0.2) is 0 Å². The average Bonchev–Trinajstić information content (AvgIpc) is 3.18. The summed E-state index contributed by atoms with van der Waals surface area (Å²) in [7, 11) is 1.82. The van der Waals surface area contributed by atoms with Crippen molar-refractivity contribution in [1.29, 1.82) is 0 Å². The zero-order valence-electron chi connectivity index (χ0n) is 17.0. The predicted octanol–water partition coefficient (Wildman–Crippen LogP) is 3.47. The molecule has 1 aromatic carbocycles. The van der Waals surface area contributed by atoms with Crippen molar-refractivity contribution < 1.29 is 9.90 Å². The fourth-order valence-corrected chi connectivity index (χ4v) is 4.25. The standard InChI is InChI=1S/C23H26N4O3/c1-26-13-19(12-24-26)18-11-21(23(30)27(14-18)15-22(28)29)25-20-9-7-17(8-10-20)16-5-3-2-4-6-16/h2-6,11-14,17,20,25H,7-10,15H2,1H3,(H,28,29)/t17-,20+. The van der Waals surface area contributed by atoms with E-state index in [1.54, 1.807) is 23.1 Å². The molecule has 1 aliphatic rings. The first-order valence-electron chi connectivity index (χ1n) is 10.3. The number of nitrogens with one attached hydrogen (secondary N) is 1. The second-order valence-electron chi connectivity index (χ2n) is 7.98. The van der Waals surface area contributed by atoms with Crippen molar-refractivity contribution in [3.63, 3.8) is 0 Å². The topological polar surface area (TPSA) is 89.2 Å². The van der Waals surface area contributed by atoms with Crippen molar-refractivity contribution in [2.45, 2.75) is 44.2 Å². The highest BCUT2D eigenvalue weighted by atomic mass is 16.4. The highest BCUT2D eigenvalue weighted by Crippen LogP contribution is 2.34. The number of aromatic nitrogens is 3. The van der Waals surface area contributed by atoms with Gasteiger partial charge in [0.25, 0.3) is 5.56 Å². The molecule has 2 N–H and O–H groups in total. The van der Waals surface area contributed by atoms with Gasteiger partial charge in [-0.2, -0.15) is 5.10 Å². The zero-order chi connectivity index (χ0) is 21.1. The summed E-state index contributed by atoms with van der Waals surface area (Å²) in [6.07, 6.45) is 9.20. The second-order valence-corrected chi connectivity index (χ2v) is 7.98. The maximum absolute atomic E-state index is 12.9. The summed E-state index contributed by atoms with van der Waals surface area (Å²) >= 11 is 0. The van der Waals surface area contributed by atoms with Gasteiger partial charge in [0.2, 0.25) is 0 Å². The number of hydrogen-bond donors (Lipinski definition) is 2. The lowest BCUT2D eigenvalue weighted by Crippen LogP contribution is -2.31. The lowest BCUT2D eigenvalue weighted by molar-refractivity contribution is -0.137. The number of benzene rings is 1. The first-order valence-corrected chi connectivity index (χ1v) is 10.3. The number of aryl methyl sites for hydroxylation is 1. The van der Waals surface area contributed by atoms with Gasteiger partial charge < -0.3 is 15.0 Å². The van der Waals surface area contributed by atoms with E-state index in [1.165, 1.54) is 10.1 Å². The Kier molecular flexibility index (Phi) is 5.70. The van der Waals surface area contributed by atoms with Crippen molar-refractivity contribution in [1.82, 2.24) is 14.3 Å². The smallest absolute Gasteiger partial charge is 0.323 e. The Hall–Kier alpha value is -3.35. The second kappa shape index (κ2) is 8.57. The minimum absolute atomic E-state index is 0.195. The van der Waals surface area contributed by atoms with Crippen LogP contribution in [0.25, 0.3) is 11.1 Å². The number of anilines is 1. The highest BCUT2D eigenvalue weighted by Gasteiger charge is 2.23. The van der Waals surface area contributed by atoms with Crippen molar-refractivity contribution >= 4 is 11.7 Å². The van der Waals surface area contributed by atoms with E-state index in [4.69, 9.17) is 0 Å². The van der Waals surface area contributed by atoms with Crippen LogP contribution < -0.4 is 10.9 Å². The molecule has 0 bridgehead atoms. The van der Waals surface area contributed by atoms with Crippen LogP contribution in [0.2, 0.25) is 0 Å². The van der Waals surface area contributed by atoms with E-state index in [-0.39, 0.29) is 18.1 Å². The molecule has 7 heteroatoms. The van der Waals surface area contributed by atoms with E-state index in [2.05, 4.69) is 34.7 Å². The van der Waals surface area contributed by atoms with E-state index >= 15 is 0 Å². The predicted molar refractivity (Wildman–Crippen MR) is 116 cm³/mol. The maximum atomic E-state index is 12.9. The highest BCUT2D eigenvalue weighted by molar-refractivity contribution is 5.69. The zero-order valence-corrected chi connectivity index (χ0v) is 17.0. The normalized spacial score (nSPS) is 18.8. The molecule has 0 saturated heterocycles. The summed E-state index contributed by atoms with van der Waals surface area (Å²) in [5.41, 5.74) is 3.12. The summed E-state index contributed by atoms with van der Waals surface area (Å²) in [4.78, 5) is 24.1. The van der Waals surface area contributed by atoms with Crippen LogP contribution in [0.1, 0.15) is 37.2 Å². The van der Waals surface area contributed by atoms with Crippen LogP contribution in [0.5, 0.6) is 0 Å². The molecule has 0 atom stereocenters. The summed E-state index contributed by atoms with van der Waals surface area (Å²) < 4.78 is 2.93. The van der Waals surface area contributed by atoms with E-state index in [1.807, 2.05) is 19.3 Å². The van der Waals surface area contributed by atoms with Crippen LogP contribution >= 0.6 is 0 Å². The van der Waals surface area contributed by atoms with Gasteiger partial charge in [0.15, 0.2) is 0 Å². The molecular formula is C23H26N4O3. The van der Waals surface area contributed by atoms with Crippen LogP contribution in [-0.2, 0) is 18.4 Å². The molecule has 30 heavy (non-hydrogen) atoms. The SMILES string of the molecule is Cn1cc(-c2cc(N[C@H]3CC[C@@H](c4ccccc4)CC3)c(=O)n(CC(=O)O)c2)cn1. The quantitative estimate of drug-likeness (QED) is 0.654. The summed E-state index contributed by atoms with van der Waals surface area (Å²) in [5.74, 6) is -0.496. The van der Waals surface area contributed by atoms with Crippen LogP contribution in [0.4, 0.5) is 5.69 Å². The molecule has 2 aromatic heterocycles. The maximum Gasteiger partial charge on any atom is 0.323 e. The molecule has 0 radical (unpaired) electrons. The molecule has 0 spiro atoms. The first kappa shape index (κ1) is 19.9. The number of hydrogen-bond acceptors (Lipinski definition) is 4. The Balaban J connectivity index is 1.54. The summed E-state index contributed by atoms with van der Waals surface area (Å²) in [5, 5.41) is 16.8. The van der Waals surface area contributed by atoms with Crippen LogP contribution in [0.3, 0.4) is 0 Å². The Morgan fingerprint density at radius 1 is 1.13 bits per heavy atom. The van der Waals surface area contributed by atoms with Gasteiger partial charge >= 0.3 is 5.97 Å². The van der Waals surface area contributed by atoms with E-state index in [0.29, 0.717) is 11.6 Å². The van der Waals surface area contributed by atoms with Crippen LogP contribution in [0.15, 0.2) is 59.8 Å². The Bertz CT molecular complexity index is 1080. The average molecular weight is 406 g/mol. The molecule has 0 amide bonds. The molecule has 4 rings (SSSR count). The van der Waals surface area contributed by atoms with Crippen molar-refractivity contribution in [3.8, 4) is 11.1 Å². The number of carbonyl (C=O) groups is 1. The minimum Gasteiger partial charge on any atom is -0.480 e. The van der Waals surface area contributed by atoms with Crippen molar-refractivity contribution in [3.05, 3.63) is 70.9 Å². The Labute approximate surface area is 175 Å². The van der Waals surface area contributed by atoms with E-state index < -0.39 is 5.97 Å². The van der Waals surface area contributed by atoms with Gasteiger partial charge in [-0.3, -0.25) is 14.3 Å². The van der Waals surface area contributed by atoms with Crippen LogP contribution in [-0.4, -0.2) is 31.5 Å². The fourth-order valence-electron chi connectivity index (χ4n) is 4.25. The van der Waals surface area contributed by atoms with Crippen molar-refractivity contribution in [2.24, 2.45) is 7.05 Å². The molecule has 1 fully saturated rings. The number of carboxylic acids is 1. The largest absolute Gasteiger partial charge is 0.480 e. The molecule has 0 unspecified atom stereocenters. The molecule has 0 aliphatic heterocycles. The minimum atomic E-state index is -1.05. The molecule has 1 aliphatic carbocycles. The lowest BCUT2D eigenvalue weighted by Gasteiger charge is -2.30. The van der Waals surface area contributed by atoms with E-state index in [0.717, 1.165) is 36.8 Å². The third-order valence-corrected chi connectivity index (χ3v) is 5.79. The number of rotatable bonds is 6. The summed E-state index contributed by atoms with van der Waals surface area (Å²) in [6.45, 7) is -0.373. The van der Waals surface area contributed by atoms with Gasteiger partial charge in [0.05, 0.1) is 6.20 Å². The van der Waals surface area contributed by atoms with Gasteiger partial charge in [-0.1, -0.05) is 30.3 Å². The molecular weight excluding hydrogens is 380 g/mol. The third kappa shape index (κ3) is 4.45. The molecule has 7 nitrogen and oxygen atoms in total. The Morgan fingerprint density at radius 3 is 2.50 bits per heavy atom. The van der Waals surface area contributed by atoms with Gasteiger partial charge in [0, 0.05) is 36.6 Å². The fraction of sp³-hybridized carbons (Fsp3) is 0.348. The molecule has 156 valence electrons. The lowest BCUT2D eigenvalue weighted by atomic mass is 9.82. The van der Waals surface area contributed by atoms with Gasteiger partial charge in [0.1, 0.15) is 12.2 Å². The van der Waals surface area contributed by atoms with E-state index in [9.17, 15) is 14.7 Å². The third-order valence-electron chi connectivity index (χ3n) is 5.79. The molecule has 2 heterocycles. The van der Waals surface area contributed by atoms with Gasteiger partial charge in [-0.15, -0.1) is 0 Å². The van der Waals surface area contributed by atoms with Crippen LogP contribution in [0, 0.1) is 0 Å².